The molecule has 0 bridgehead atoms. The van der Waals surface area contributed by atoms with Gasteiger partial charge in [0.25, 0.3) is 5.91 Å². The summed E-state index contributed by atoms with van der Waals surface area (Å²) in [6.45, 7) is 4.11. The van der Waals surface area contributed by atoms with Crippen molar-refractivity contribution in [3.8, 4) is 0 Å². The van der Waals surface area contributed by atoms with Crippen LogP contribution in [0, 0.1) is 6.92 Å². The molecule has 1 heterocycles. The minimum atomic E-state index is -0.0755. The van der Waals surface area contributed by atoms with Crippen molar-refractivity contribution in [2.24, 2.45) is 0 Å². The number of nitrogens with zero attached hydrogens (tertiary/aromatic N) is 1. The lowest BCUT2D eigenvalue weighted by Gasteiger charge is -2.16. The molecule has 100 valence electrons. The molecule has 2 rings (SSSR count). The number of aryl methyl sites for hydroxylation is 1. The van der Waals surface area contributed by atoms with Gasteiger partial charge in [-0.2, -0.15) is 0 Å². The maximum Gasteiger partial charge on any atom is 0.251 e. The summed E-state index contributed by atoms with van der Waals surface area (Å²) < 4.78 is 0. The molecule has 0 aliphatic heterocycles. The fraction of sp³-hybridized carbons (Fsp3) is 0.286. The number of benzene rings is 1. The van der Waals surface area contributed by atoms with E-state index in [2.05, 4.69) is 22.5 Å². The maximum atomic E-state index is 11.6. The van der Waals surface area contributed by atoms with Gasteiger partial charge in [0.2, 0.25) is 0 Å². The van der Waals surface area contributed by atoms with E-state index < -0.39 is 0 Å². The van der Waals surface area contributed by atoms with Crippen molar-refractivity contribution in [3.05, 3.63) is 45.9 Å². The molecule has 1 aromatic carbocycles. The highest BCUT2D eigenvalue weighted by atomic mass is 32.1. The number of carbonyl (C=O) groups is 1. The van der Waals surface area contributed by atoms with Crippen LogP contribution in [0.3, 0.4) is 0 Å². The standard InChI is InChI=1S/C14H17N3OS/c1-9-4-5-11(14(18)15-3)6-12(9)17-10(2)13-7-16-8-19-13/h4-8,10,17H,1-3H3,(H,15,18). The van der Waals surface area contributed by atoms with Gasteiger partial charge in [-0.25, -0.2) is 0 Å². The summed E-state index contributed by atoms with van der Waals surface area (Å²) in [4.78, 5) is 16.9. The molecule has 0 saturated carbocycles. The Hall–Kier alpha value is -1.88. The van der Waals surface area contributed by atoms with Crippen LogP contribution in [0.15, 0.2) is 29.9 Å². The Morgan fingerprint density at radius 3 is 2.84 bits per heavy atom. The van der Waals surface area contributed by atoms with Crippen LogP contribution in [0.5, 0.6) is 0 Å². The van der Waals surface area contributed by atoms with E-state index in [4.69, 9.17) is 0 Å². The predicted molar refractivity (Wildman–Crippen MR) is 78.7 cm³/mol. The average Bonchev–Trinajstić information content (AvgIpc) is 2.94. The Morgan fingerprint density at radius 2 is 2.21 bits per heavy atom. The highest BCUT2D eigenvalue weighted by Crippen LogP contribution is 2.25. The van der Waals surface area contributed by atoms with E-state index in [0.29, 0.717) is 5.56 Å². The van der Waals surface area contributed by atoms with Crippen molar-refractivity contribution in [2.75, 3.05) is 12.4 Å². The Balaban J connectivity index is 2.22. The SMILES string of the molecule is CNC(=O)c1ccc(C)c(NC(C)c2cncs2)c1. The van der Waals surface area contributed by atoms with Gasteiger partial charge in [0.1, 0.15) is 0 Å². The van der Waals surface area contributed by atoms with Gasteiger partial charge in [-0.05, 0) is 31.5 Å². The van der Waals surface area contributed by atoms with Gasteiger partial charge < -0.3 is 10.6 Å². The van der Waals surface area contributed by atoms with Crippen LogP contribution in [-0.2, 0) is 0 Å². The number of rotatable bonds is 4. The van der Waals surface area contributed by atoms with Gasteiger partial charge in [-0.1, -0.05) is 6.07 Å². The van der Waals surface area contributed by atoms with E-state index in [0.717, 1.165) is 11.3 Å². The number of carbonyl (C=O) groups excluding carboxylic acids is 1. The zero-order valence-corrected chi connectivity index (χ0v) is 12.0. The lowest BCUT2D eigenvalue weighted by molar-refractivity contribution is 0.0963. The van der Waals surface area contributed by atoms with Crippen molar-refractivity contribution in [3.63, 3.8) is 0 Å². The molecule has 19 heavy (non-hydrogen) atoms. The first-order valence-corrected chi connectivity index (χ1v) is 6.97. The average molecular weight is 275 g/mol. The molecular weight excluding hydrogens is 258 g/mol. The normalized spacial score (nSPS) is 11.9. The van der Waals surface area contributed by atoms with Gasteiger partial charge in [-0.15, -0.1) is 11.3 Å². The summed E-state index contributed by atoms with van der Waals surface area (Å²) in [5.74, 6) is -0.0755. The van der Waals surface area contributed by atoms with Gasteiger partial charge in [0.15, 0.2) is 0 Å². The number of hydrogen-bond donors (Lipinski definition) is 2. The molecule has 0 saturated heterocycles. The first-order valence-electron chi connectivity index (χ1n) is 6.09. The summed E-state index contributed by atoms with van der Waals surface area (Å²) in [6.07, 6.45) is 1.86. The first-order chi connectivity index (χ1) is 9.11. The summed E-state index contributed by atoms with van der Waals surface area (Å²) in [6, 6.07) is 5.83. The molecule has 0 aliphatic carbocycles. The molecule has 2 N–H and O–H groups in total. The molecule has 1 atom stereocenters. The molecule has 0 aliphatic rings. The van der Waals surface area contributed by atoms with Gasteiger partial charge in [0, 0.05) is 29.4 Å². The summed E-state index contributed by atoms with van der Waals surface area (Å²) in [7, 11) is 1.63. The quantitative estimate of drug-likeness (QED) is 0.902. The number of hydrogen-bond acceptors (Lipinski definition) is 4. The Morgan fingerprint density at radius 1 is 1.42 bits per heavy atom. The summed E-state index contributed by atoms with van der Waals surface area (Å²) >= 11 is 1.62. The monoisotopic (exact) mass is 275 g/mol. The van der Waals surface area contributed by atoms with Crippen LogP contribution in [0.4, 0.5) is 5.69 Å². The molecule has 1 unspecified atom stereocenters. The minimum Gasteiger partial charge on any atom is -0.377 e. The lowest BCUT2D eigenvalue weighted by atomic mass is 10.1. The molecule has 1 aromatic heterocycles. The number of aromatic nitrogens is 1. The van der Waals surface area contributed by atoms with Crippen LogP contribution < -0.4 is 10.6 Å². The second-order valence-corrected chi connectivity index (χ2v) is 5.30. The van der Waals surface area contributed by atoms with Gasteiger partial charge in [-0.3, -0.25) is 9.78 Å². The molecular formula is C14H17N3OS. The largest absolute Gasteiger partial charge is 0.377 e. The highest BCUT2D eigenvalue weighted by Gasteiger charge is 2.10. The van der Waals surface area contributed by atoms with Gasteiger partial charge >= 0.3 is 0 Å². The van der Waals surface area contributed by atoms with Crippen molar-refractivity contribution in [2.45, 2.75) is 19.9 Å². The number of amides is 1. The summed E-state index contributed by atoms with van der Waals surface area (Å²) in [5, 5.41) is 6.06. The second-order valence-electron chi connectivity index (χ2n) is 4.38. The lowest BCUT2D eigenvalue weighted by Crippen LogP contribution is -2.18. The molecule has 0 radical (unpaired) electrons. The van der Waals surface area contributed by atoms with Gasteiger partial charge in [0.05, 0.1) is 11.6 Å². The predicted octanol–water partition coefficient (Wildman–Crippen LogP) is 2.98. The van der Waals surface area contributed by atoms with E-state index >= 15 is 0 Å². The van der Waals surface area contributed by atoms with E-state index in [1.165, 1.54) is 4.88 Å². The topological polar surface area (TPSA) is 54.0 Å². The second kappa shape index (κ2) is 5.84. The molecule has 4 nitrogen and oxygen atoms in total. The minimum absolute atomic E-state index is 0.0755. The van der Waals surface area contributed by atoms with Crippen LogP contribution in [-0.4, -0.2) is 17.9 Å². The first kappa shape index (κ1) is 13.5. The fourth-order valence-electron chi connectivity index (χ4n) is 1.81. The molecule has 0 fully saturated rings. The molecule has 5 heteroatoms. The van der Waals surface area contributed by atoms with Crippen molar-refractivity contribution < 1.29 is 4.79 Å². The molecule has 1 amide bonds. The number of anilines is 1. The zero-order valence-electron chi connectivity index (χ0n) is 11.2. The van der Waals surface area contributed by atoms with Crippen LogP contribution in [0.1, 0.15) is 33.8 Å². The fourth-order valence-corrected chi connectivity index (χ4v) is 2.44. The highest BCUT2D eigenvalue weighted by molar-refractivity contribution is 7.09. The Labute approximate surface area is 116 Å². The van der Waals surface area contributed by atoms with E-state index in [9.17, 15) is 4.79 Å². The third-order valence-corrected chi connectivity index (χ3v) is 3.94. The van der Waals surface area contributed by atoms with Crippen molar-refractivity contribution in [1.82, 2.24) is 10.3 Å². The van der Waals surface area contributed by atoms with E-state index in [1.54, 1.807) is 18.4 Å². The third-order valence-electron chi connectivity index (χ3n) is 2.98. The van der Waals surface area contributed by atoms with Crippen molar-refractivity contribution in [1.29, 1.82) is 0 Å². The Kier molecular flexibility index (Phi) is 4.16. The molecule has 2 aromatic rings. The van der Waals surface area contributed by atoms with Crippen LogP contribution in [0.25, 0.3) is 0 Å². The number of nitrogens with one attached hydrogen (secondary N) is 2. The smallest absolute Gasteiger partial charge is 0.251 e. The van der Waals surface area contributed by atoms with Crippen LogP contribution in [0.2, 0.25) is 0 Å². The maximum absolute atomic E-state index is 11.6. The van der Waals surface area contributed by atoms with E-state index in [1.807, 2.05) is 36.8 Å². The Bertz CT molecular complexity index is 566. The molecule has 0 spiro atoms. The van der Waals surface area contributed by atoms with Crippen LogP contribution >= 0.6 is 11.3 Å². The van der Waals surface area contributed by atoms with E-state index in [-0.39, 0.29) is 11.9 Å². The third kappa shape index (κ3) is 3.12. The number of thiazole rings is 1. The zero-order chi connectivity index (χ0) is 13.8. The van der Waals surface area contributed by atoms with Crippen molar-refractivity contribution >= 4 is 22.9 Å². The summed E-state index contributed by atoms with van der Waals surface area (Å²) in [5.41, 5.74) is 4.57.